The van der Waals surface area contributed by atoms with Gasteiger partial charge in [0.1, 0.15) is 0 Å². The molecule has 0 amide bonds. The number of allylic oxidation sites excluding steroid dienone is 1. The van der Waals surface area contributed by atoms with E-state index >= 15 is 0 Å². The van der Waals surface area contributed by atoms with Gasteiger partial charge < -0.3 is 5.73 Å². The molecule has 1 atom stereocenters. The maximum atomic E-state index is 11.0. The number of ketones is 1. The van der Waals surface area contributed by atoms with E-state index < -0.39 is 0 Å². The predicted octanol–water partition coefficient (Wildman–Crippen LogP) is 3.21. The molecule has 0 saturated heterocycles. The molecule has 2 nitrogen and oxygen atoms in total. The van der Waals surface area contributed by atoms with Gasteiger partial charge in [0, 0.05) is 12.5 Å². The van der Waals surface area contributed by atoms with Crippen molar-refractivity contribution in [2.75, 3.05) is 0 Å². The van der Waals surface area contributed by atoms with Crippen molar-refractivity contribution in [1.82, 2.24) is 0 Å². The highest BCUT2D eigenvalue weighted by Crippen LogP contribution is 2.06. The van der Waals surface area contributed by atoms with Gasteiger partial charge in [-0.15, -0.1) is 0 Å². The summed E-state index contributed by atoms with van der Waals surface area (Å²) in [4.78, 5) is 11.0. The van der Waals surface area contributed by atoms with E-state index in [4.69, 9.17) is 5.73 Å². The fourth-order valence-corrected chi connectivity index (χ4v) is 1.43. The molecular weight excluding hydrogens is 186 g/mol. The molecule has 0 radical (unpaired) electrons. The van der Waals surface area contributed by atoms with Crippen LogP contribution in [-0.2, 0) is 4.79 Å². The molecule has 0 saturated carbocycles. The monoisotopic (exact) mass is 211 g/mol. The summed E-state index contributed by atoms with van der Waals surface area (Å²) in [6.07, 6.45) is 11.4. The summed E-state index contributed by atoms with van der Waals surface area (Å²) in [6, 6.07) is 0.0575. The van der Waals surface area contributed by atoms with Crippen LogP contribution in [0.4, 0.5) is 0 Å². The van der Waals surface area contributed by atoms with E-state index in [2.05, 4.69) is 6.92 Å². The Morgan fingerprint density at radius 3 is 2.47 bits per heavy atom. The van der Waals surface area contributed by atoms with Crippen LogP contribution in [0.15, 0.2) is 12.2 Å². The van der Waals surface area contributed by atoms with Gasteiger partial charge in [-0.05, 0) is 12.5 Å². The molecule has 0 rings (SSSR count). The van der Waals surface area contributed by atoms with Crippen LogP contribution in [0.5, 0.6) is 0 Å². The lowest BCUT2D eigenvalue weighted by atomic mass is 10.1. The second-order valence-electron chi connectivity index (χ2n) is 4.05. The Balaban J connectivity index is 3.44. The quantitative estimate of drug-likeness (QED) is 0.470. The maximum Gasteiger partial charge on any atom is 0.155 e. The van der Waals surface area contributed by atoms with Crippen molar-refractivity contribution in [2.24, 2.45) is 5.73 Å². The summed E-state index contributed by atoms with van der Waals surface area (Å²) in [5.41, 5.74) is 5.85. The van der Waals surface area contributed by atoms with E-state index in [-0.39, 0.29) is 11.8 Å². The number of hydrogen-bond donors (Lipinski definition) is 1. The normalized spacial score (nSPS) is 13.3. The lowest BCUT2D eigenvalue weighted by molar-refractivity contribution is -0.114. The average Bonchev–Trinajstić information content (AvgIpc) is 2.25. The lowest BCUT2D eigenvalue weighted by Crippen LogP contribution is -2.16. The number of rotatable bonds is 9. The fourth-order valence-electron chi connectivity index (χ4n) is 1.43. The first kappa shape index (κ1) is 14.4. The number of nitrogens with two attached hydrogens (primary N) is 1. The van der Waals surface area contributed by atoms with E-state index in [0.717, 1.165) is 6.42 Å². The topological polar surface area (TPSA) is 43.1 Å². The largest absolute Gasteiger partial charge is 0.324 e. The van der Waals surface area contributed by atoms with Crippen molar-refractivity contribution in [3.63, 3.8) is 0 Å². The third-order valence-corrected chi connectivity index (χ3v) is 2.52. The van der Waals surface area contributed by atoms with E-state index in [1.54, 1.807) is 6.08 Å². The summed E-state index contributed by atoms with van der Waals surface area (Å²) in [5.74, 6) is 0.163. The number of unbranched alkanes of at least 4 members (excludes halogenated alkanes) is 4. The average molecular weight is 211 g/mol. The Morgan fingerprint density at radius 2 is 1.87 bits per heavy atom. The third kappa shape index (κ3) is 9.67. The molecule has 0 heterocycles. The number of hydrogen-bond acceptors (Lipinski definition) is 2. The van der Waals surface area contributed by atoms with Crippen LogP contribution in [0.25, 0.3) is 0 Å². The van der Waals surface area contributed by atoms with Crippen molar-refractivity contribution < 1.29 is 4.79 Å². The molecule has 0 aliphatic heterocycles. The standard InChI is InChI=1S/C13H25NO/c1-3-5-6-7-8-9-12(14)10-11-13(15)4-2/h10-12H,3-9,14H2,1-2H3/b11-10-. The second-order valence-corrected chi connectivity index (χ2v) is 4.05. The molecular formula is C13H25NO. The zero-order valence-corrected chi connectivity index (χ0v) is 10.2. The van der Waals surface area contributed by atoms with Gasteiger partial charge in [0.15, 0.2) is 5.78 Å². The Morgan fingerprint density at radius 1 is 1.20 bits per heavy atom. The van der Waals surface area contributed by atoms with E-state index in [1.165, 1.54) is 32.1 Å². The van der Waals surface area contributed by atoms with Crippen LogP contribution in [0, 0.1) is 0 Å². The molecule has 0 aromatic rings. The molecule has 1 unspecified atom stereocenters. The molecule has 0 aliphatic carbocycles. The molecule has 0 fully saturated rings. The minimum atomic E-state index is 0.0575. The Hall–Kier alpha value is -0.630. The summed E-state index contributed by atoms with van der Waals surface area (Å²) in [7, 11) is 0. The number of carbonyl (C=O) groups excluding carboxylic acids is 1. The van der Waals surface area contributed by atoms with Gasteiger partial charge in [-0.1, -0.05) is 52.0 Å². The minimum Gasteiger partial charge on any atom is -0.324 e. The van der Waals surface area contributed by atoms with Gasteiger partial charge in [0.05, 0.1) is 0 Å². The van der Waals surface area contributed by atoms with Gasteiger partial charge >= 0.3 is 0 Å². The van der Waals surface area contributed by atoms with Crippen molar-refractivity contribution >= 4 is 5.78 Å². The van der Waals surface area contributed by atoms with Crippen molar-refractivity contribution in [3.8, 4) is 0 Å². The molecule has 0 aromatic carbocycles. The predicted molar refractivity (Wildman–Crippen MR) is 65.8 cm³/mol. The van der Waals surface area contributed by atoms with Crippen LogP contribution in [0.3, 0.4) is 0 Å². The van der Waals surface area contributed by atoms with E-state index in [9.17, 15) is 4.79 Å². The molecule has 15 heavy (non-hydrogen) atoms. The summed E-state index contributed by atoms with van der Waals surface area (Å²) in [5, 5.41) is 0. The highest BCUT2D eigenvalue weighted by Gasteiger charge is 1.98. The Labute approximate surface area is 93.9 Å². The van der Waals surface area contributed by atoms with E-state index in [1.807, 2.05) is 13.0 Å². The summed E-state index contributed by atoms with van der Waals surface area (Å²) < 4.78 is 0. The van der Waals surface area contributed by atoms with Gasteiger partial charge in [-0.2, -0.15) is 0 Å². The molecule has 0 bridgehead atoms. The van der Waals surface area contributed by atoms with Crippen LogP contribution in [0.2, 0.25) is 0 Å². The minimum absolute atomic E-state index is 0.0575. The molecule has 0 spiro atoms. The van der Waals surface area contributed by atoms with Gasteiger partial charge in [-0.25, -0.2) is 0 Å². The zero-order chi connectivity index (χ0) is 11.5. The molecule has 2 heteroatoms. The van der Waals surface area contributed by atoms with Crippen LogP contribution < -0.4 is 5.73 Å². The van der Waals surface area contributed by atoms with Gasteiger partial charge in [0.25, 0.3) is 0 Å². The third-order valence-electron chi connectivity index (χ3n) is 2.52. The second kappa shape index (κ2) is 9.91. The maximum absolute atomic E-state index is 11.0. The van der Waals surface area contributed by atoms with Crippen molar-refractivity contribution in [2.45, 2.75) is 64.8 Å². The first-order valence-electron chi connectivity index (χ1n) is 6.17. The first-order valence-corrected chi connectivity index (χ1v) is 6.17. The summed E-state index contributed by atoms with van der Waals surface area (Å²) >= 11 is 0. The van der Waals surface area contributed by atoms with Crippen molar-refractivity contribution in [1.29, 1.82) is 0 Å². The Kier molecular flexibility index (Phi) is 9.49. The van der Waals surface area contributed by atoms with Gasteiger partial charge in [0.2, 0.25) is 0 Å². The lowest BCUT2D eigenvalue weighted by Gasteiger charge is -2.05. The van der Waals surface area contributed by atoms with Crippen LogP contribution in [0.1, 0.15) is 58.8 Å². The first-order chi connectivity index (χ1) is 7.20. The summed E-state index contributed by atoms with van der Waals surface area (Å²) in [6.45, 7) is 4.08. The SMILES string of the molecule is CCCCCCCC(N)/C=C\C(=O)CC. The number of carbonyl (C=O) groups is 1. The Bertz CT molecular complexity index is 187. The highest BCUT2D eigenvalue weighted by atomic mass is 16.1. The molecule has 88 valence electrons. The van der Waals surface area contributed by atoms with E-state index in [0.29, 0.717) is 6.42 Å². The fraction of sp³-hybridized carbons (Fsp3) is 0.769. The highest BCUT2D eigenvalue weighted by molar-refractivity contribution is 5.89. The van der Waals surface area contributed by atoms with Crippen LogP contribution >= 0.6 is 0 Å². The molecule has 0 aromatic heterocycles. The van der Waals surface area contributed by atoms with Crippen molar-refractivity contribution in [3.05, 3.63) is 12.2 Å². The molecule has 0 aliphatic rings. The zero-order valence-electron chi connectivity index (χ0n) is 10.2. The molecule has 2 N–H and O–H groups in total. The van der Waals surface area contributed by atoms with Crippen LogP contribution in [-0.4, -0.2) is 11.8 Å². The van der Waals surface area contributed by atoms with Gasteiger partial charge in [-0.3, -0.25) is 4.79 Å². The smallest absolute Gasteiger partial charge is 0.155 e.